The molecule has 20 heavy (non-hydrogen) atoms. The van der Waals surface area contributed by atoms with Gasteiger partial charge >= 0.3 is 6.03 Å². The summed E-state index contributed by atoms with van der Waals surface area (Å²) in [6.45, 7) is 5.57. The largest absolute Gasteiger partial charge is 0.350 e. The Morgan fingerprint density at radius 3 is 2.70 bits per heavy atom. The topological polar surface area (TPSA) is 85.6 Å². The molecule has 1 heterocycles. The maximum atomic E-state index is 11.2. The van der Waals surface area contributed by atoms with Crippen molar-refractivity contribution in [2.75, 3.05) is 0 Å². The molecule has 0 aliphatic heterocycles. The van der Waals surface area contributed by atoms with Crippen molar-refractivity contribution in [3.63, 3.8) is 0 Å². The summed E-state index contributed by atoms with van der Waals surface area (Å²) in [4.78, 5) is 12.0. The second-order valence-corrected chi connectivity index (χ2v) is 5.12. The first kappa shape index (κ1) is 14.3. The van der Waals surface area contributed by atoms with Crippen LogP contribution in [-0.4, -0.2) is 15.8 Å². The van der Waals surface area contributed by atoms with E-state index in [4.69, 9.17) is 5.73 Å². The highest BCUT2D eigenvalue weighted by molar-refractivity contribution is 7.98. The lowest BCUT2D eigenvalue weighted by Crippen LogP contribution is -2.21. The monoisotopic (exact) mass is 289 g/mol. The molecule has 6 nitrogen and oxygen atoms in total. The summed E-state index contributed by atoms with van der Waals surface area (Å²) >= 11 is 1.18. The van der Waals surface area contributed by atoms with Gasteiger partial charge in [0.15, 0.2) is 0 Å². The zero-order valence-electron chi connectivity index (χ0n) is 11.5. The fourth-order valence-electron chi connectivity index (χ4n) is 1.77. The second kappa shape index (κ2) is 5.87. The number of rotatable bonds is 3. The van der Waals surface area contributed by atoms with Crippen molar-refractivity contribution in [1.29, 1.82) is 0 Å². The Morgan fingerprint density at radius 2 is 2.10 bits per heavy atom. The summed E-state index contributed by atoms with van der Waals surface area (Å²) in [6.07, 6.45) is 0. The van der Waals surface area contributed by atoms with Crippen molar-refractivity contribution in [3.05, 3.63) is 41.2 Å². The van der Waals surface area contributed by atoms with E-state index >= 15 is 0 Å². The molecule has 0 aliphatic carbocycles. The minimum absolute atomic E-state index is 0.604. The van der Waals surface area contributed by atoms with Crippen LogP contribution in [0.1, 0.15) is 17.0 Å². The van der Waals surface area contributed by atoms with E-state index in [9.17, 15) is 4.79 Å². The Kier molecular flexibility index (Phi) is 4.19. The van der Waals surface area contributed by atoms with Crippen LogP contribution in [0.15, 0.2) is 38.8 Å². The van der Waals surface area contributed by atoms with Crippen LogP contribution < -0.4 is 5.73 Å². The van der Waals surface area contributed by atoms with Crippen molar-refractivity contribution < 1.29 is 4.79 Å². The fourth-order valence-corrected chi connectivity index (χ4v) is 2.38. The molecular weight excluding hydrogens is 274 g/mol. The number of nitrogens with two attached hydrogens (primary N) is 1. The highest BCUT2D eigenvalue weighted by Crippen LogP contribution is 2.28. The normalized spacial score (nSPS) is 11.2. The van der Waals surface area contributed by atoms with Crippen LogP contribution in [0, 0.1) is 20.8 Å². The third-order valence-electron chi connectivity index (χ3n) is 2.72. The quantitative estimate of drug-likeness (QED) is 0.692. The molecule has 2 aromatic rings. The van der Waals surface area contributed by atoms with Gasteiger partial charge in [-0.2, -0.15) is 9.78 Å². The first-order valence-electron chi connectivity index (χ1n) is 6.00. The van der Waals surface area contributed by atoms with Crippen LogP contribution in [0.5, 0.6) is 0 Å². The number of carbonyl (C=O) groups excluding carboxylic acids is 1. The van der Waals surface area contributed by atoms with Crippen molar-refractivity contribution in [1.82, 2.24) is 9.78 Å². The molecule has 7 heteroatoms. The molecule has 0 saturated heterocycles. The van der Waals surface area contributed by atoms with Crippen LogP contribution in [0.2, 0.25) is 0 Å². The van der Waals surface area contributed by atoms with Gasteiger partial charge in [-0.05, 0) is 38.5 Å². The Bertz CT molecular complexity index is 677. The summed E-state index contributed by atoms with van der Waals surface area (Å²) in [5, 5.41) is 8.20. The standard InChI is InChI=1S/C13H15N5OS/c1-8-5-4-6-11(7-8)15-17-20-12-9(2)16-18(10(12)3)13(14)19/h4-7H,1-3H3,(H2,14,19). The molecule has 1 aromatic heterocycles. The molecule has 0 saturated carbocycles. The predicted molar refractivity (Wildman–Crippen MR) is 78.2 cm³/mol. The molecule has 0 aliphatic rings. The fraction of sp³-hybridized carbons (Fsp3) is 0.231. The number of nitrogens with zero attached hydrogens (tertiary/aromatic N) is 4. The van der Waals surface area contributed by atoms with Crippen molar-refractivity contribution >= 4 is 23.7 Å². The molecule has 1 amide bonds. The Balaban J connectivity index is 2.17. The summed E-state index contributed by atoms with van der Waals surface area (Å²) < 4.78 is 5.25. The molecule has 0 fully saturated rings. The van der Waals surface area contributed by atoms with Gasteiger partial charge in [0.1, 0.15) is 0 Å². The summed E-state index contributed by atoms with van der Waals surface area (Å²) in [7, 11) is 0. The molecule has 0 radical (unpaired) electrons. The highest BCUT2D eigenvalue weighted by atomic mass is 32.2. The molecular formula is C13H15N5OS. The van der Waals surface area contributed by atoms with Crippen LogP contribution in [0.25, 0.3) is 0 Å². The third-order valence-corrected chi connectivity index (χ3v) is 3.66. The van der Waals surface area contributed by atoms with Gasteiger partial charge in [0, 0.05) is 11.9 Å². The van der Waals surface area contributed by atoms with Crippen LogP contribution >= 0.6 is 11.9 Å². The lowest BCUT2D eigenvalue weighted by Gasteiger charge is -1.97. The van der Waals surface area contributed by atoms with Gasteiger partial charge in [-0.1, -0.05) is 12.1 Å². The number of hydrogen-bond donors (Lipinski definition) is 1. The van der Waals surface area contributed by atoms with Crippen molar-refractivity contribution in [2.24, 2.45) is 15.4 Å². The maximum Gasteiger partial charge on any atom is 0.339 e. The smallest absolute Gasteiger partial charge is 0.339 e. The number of aryl methyl sites for hydroxylation is 2. The van der Waals surface area contributed by atoms with Gasteiger partial charge < -0.3 is 5.73 Å². The highest BCUT2D eigenvalue weighted by Gasteiger charge is 2.14. The maximum absolute atomic E-state index is 11.2. The van der Waals surface area contributed by atoms with E-state index in [1.165, 1.54) is 16.6 Å². The van der Waals surface area contributed by atoms with Crippen LogP contribution in [0.3, 0.4) is 0 Å². The van der Waals surface area contributed by atoms with Crippen molar-refractivity contribution in [2.45, 2.75) is 25.7 Å². The van der Waals surface area contributed by atoms with E-state index in [2.05, 4.69) is 14.7 Å². The molecule has 0 bridgehead atoms. The first-order chi connectivity index (χ1) is 9.49. The van der Waals surface area contributed by atoms with E-state index in [-0.39, 0.29) is 0 Å². The molecule has 2 N–H and O–H groups in total. The van der Waals surface area contributed by atoms with E-state index in [1.54, 1.807) is 13.8 Å². The number of amides is 1. The first-order valence-corrected chi connectivity index (χ1v) is 6.77. The van der Waals surface area contributed by atoms with Crippen molar-refractivity contribution in [3.8, 4) is 0 Å². The van der Waals surface area contributed by atoms with Gasteiger partial charge in [-0.3, -0.25) is 0 Å². The summed E-state index contributed by atoms with van der Waals surface area (Å²) in [6, 6.07) is 7.14. The Hall–Kier alpha value is -2.15. The predicted octanol–water partition coefficient (Wildman–Crippen LogP) is 3.53. The minimum Gasteiger partial charge on any atom is -0.350 e. The SMILES string of the molecule is Cc1cccc(N=NSc2c(C)nn(C(N)=O)c2C)c1. The average molecular weight is 289 g/mol. The molecule has 0 unspecified atom stereocenters. The van der Waals surface area contributed by atoms with E-state index in [0.29, 0.717) is 11.4 Å². The molecule has 0 atom stereocenters. The number of benzene rings is 1. The van der Waals surface area contributed by atoms with E-state index in [1.807, 2.05) is 31.2 Å². The van der Waals surface area contributed by atoms with Gasteiger partial charge in [-0.15, -0.1) is 9.63 Å². The zero-order chi connectivity index (χ0) is 14.7. The van der Waals surface area contributed by atoms with Crippen LogP contribution in [0.4, 0.5) is 10.5 Å². The number of hydrogen-bond acceptors (Lipinski definition) is 5. The van der Waals surface area contributed by atoms with Gasteiger partial charge in [0.2, 0.25) is 0 Å². The lowest BCUT2D eigenvalue weighted by molar-refractivity contribution is 0.247. The number of carbonyl (C=O) groups is 1. The van der Waals surface area contributed by atoms with Crippen LogP contribution in [-0.2, 0) is 0 Å². The van der Waals surface area contributed by atoms with E-state index in [0.717, 1.165) is 16.1 Å². The van der Waals surface area contributed by atoms with Gasteiger partial charge in [-0.25, -0.2) is 4.79 Å². The molecule has 0 spiro atoms. The summed E-state index contributed by atoms with van der Waals surface area (Å²) in [5.74, 6) is 0. The number of aromatic nitrogens is 2. The minimum atomic E-state index is -0.604. The number of primary amides is 1. The zero-order valence-corrected chi connectivity index (χ0v) is 12.3. The Labute approximate surface area is 121 Å². The Morgan fingerprint density at radius 1 is 1.35 bits per heavy atom. The lowest BCUT2D eigenvalue weighted by atomic mass is 10.2. The molecule has 2 rings (SSSR count). The molecule has 104 valence electrons. The summed E-state index contributed by atoms with van der Waals surface area (Å²) in [5.41, 5.74) is 8.52. The van der Waals surface area contributed by atoms with Gasteiger partial charge in [0.05, 0.1) is 22.0 Å². The van der Waals surface area contributed by atoms with E-state index < -0.39 is 6.03 Å². The average Bonchev–Trinajstić information content (AvgIpc) is 2.67. The second-order valence-electron chi connectivity index (χ2n) is 4.36. The molecule has 1 aromatic carbocycles. The van der Waals surface area contributed by atoms with Gasteiger partial charge in [0.25, 0.3) is 0 Å². The third kappa shape index (κ3) is 3.05.